The Morgan fingerprint density at radius 1 is 0.941 bits per heavy atom. The van der Waals surface area contributed by atoms with Crippen LogP contribution in [0.15, 0.2) is 47.4 Å². The minimum absolute atomic E-state index is 0.0152. The van der Waals surface area contributed by atoms with Crippen LogP contribution in [0.25, 0.3) is 0 Å². The number of benzene rings is 2. The van der Waals surface area contributed by atoms with Gasteiger partial charge in [-0.25, -0.2) is 8.42 Å². The number of nitrogens with zero attached hydrogens (tertiary/aromatic N) is 3. The van der Waals surface area contributed by atoms with Crippen molar-refractivity contribution < 1.29 is 22.7 Å². The van der Waals surface area contributed by atoms with Gasteiger partial charge in [-0.05, 0) is 42.7 Å². The summed E-state index contributed by atoms with van der Waals surface area (Å²) in [4.78, 5) is 15.8. The molecule has 1 aliphatic carbocycles. The minimum atomic E-state index is -3.81. The molecule has 34 heavy (non-hydrogen) atoms. The number of fused-ring (bicyclic) bond motifs is 1. The summed E-state index contributed by atoms with van der Waals surface area (Å²) in [5.41, 5.74) is 0.442. The quantitative estimate of drug-likeness (QED) is 0.666. The lowest BCUT2D eigenvalue weighted by Crippen LogP contribution is -2.56. The molecule has 0 radical (unpaired) electrons. The third-order valence-corrected chi connectivity index (χ3v) is 9.15. The Balaban J connectivity index is 1.36. The largest absolute Gasteiger partial charge is 0.454 e. The molecule has 9 heteroatoms. The number of hydrogen-bond acceptors (Lipinski definition) is 6. The van der Waals surface area contributed by atoms with Crippen LogP contribution in [0.2, 0.25) is 0 Å². The molecule has 1 amide bonds. The Hall–Kier alpha value is -3.09. The Morgan fingerprint density at radius 2 is 1.65 bits per heavy atom. The van der Waals surface area contributed by atoms with Crippen molar-refractivity contribution >= 4 is 15.9 Å². The van der Waals surface area contributed by atoms with E-state index in [9.17, 15) is 18.5 Å². The van der Waals surface area contributed by atoms with Crippen LogP contribution in [0.1, 0.15) is 43.2 Å². The third kappa shape index (κ3) is 3.81. The number of amides is 1. The van der Waals surface area contributed by atoms with Crippen LogP contribution >= 0.6 is 0 Å². The predicted octanol–water partition coefficient (Wildman–Crippen LogP) is 3.02. The van der Waals surface area contributed by atoms with E-state index in [4.69, 9.17) is 9.47 Å². The van der Waals surface area contributed by atoms with Crippen LogP contribution < -0.4 is 9.47 Å². The molecule has 1 saturated heterocycles. The van der Waals surface area contributed by atoms with Gasteiger partial charge < -0.3 is 14.4 Å². The maximum atomic E-state index is 13.9. The molecule has 5 rings (SSSR count). The molecule has 0 aromatic heterocycles. The Labute approximate surface area is 199 Å². The van der Waals surface area contributed by atoms with Crippen molar-refractivity contribution in [3.05, 3.63) is 53.6 Å². The van der Waals surface area contributed by atoms with Gasteiger partial charge in [0.2, 0.25) is 22.7 Å². The monoisotopic (exact) mass is 481 g/mol. The van der Waals surface area contributed by atoms with Gasteiger partial charge >= 0.3 is 0 Å². The van der Waals surface area contributed by atoms with Gasteiger partial charge in [-0.15, -0.1) is 0 Å². The summed E-state index contributed by atoms with van der Waals surface area (Å²) >= 11 is 0. The molecule has 2 fully saturated rings. The van der Waals surface area contributed by atoms with Gasteiger partial charge in [0.05, 0.1) is 15.9 Å². The Bertz CT molecular complexity index is 1240. The lowest BCUT2D eigenvalue weighted by Gasteiger charge is -2.43. The summed E-state index contributed by atoms with van der Waals surface area (Å²) in [5.74, 6) is 1.42. The second kappa shape index (κ2) is 8.93. The highest BCUT2D eigenvalue weighted by atomic mass is 32.2. The topological polar surface area (TPSA) is 99.9 Å². The van der Waals surface area contributed by atoms with E-state index in [-0.39, 0.29) is 36.2 Å². The van der Waals surface area contributed by atoms with Crippen LogP contribution in [0.3, 0.4) is 0 Å². The van der Waals surface area contributed by atoms with Crippen molar-refractivity contribution in [3.63, 3.8) is 0 Å². The molecule has 2 aromatic carbocycles. The van der Waals surface area contributed by atoms with E-state index in [0.717, 1.165) is 37.7 Å². The molecular weight excluding hydrogens is 454 g/mol. The van der Waals surface area contributed by atoms with E-state index in [1.165, 1.54) is 16.4 Å². The van der Waals surface area contributed by atoms with Crippen molar-refractivity contribution in [3.8, 4) is 17.6 Å². The first-order valence-corrected chi connectivity index (χ1v) is 13.1. The van der Waals surface area contributed by atoms with Crippen LogP contribution in [0.4, 0.5) is 0 Å². The molecule has 178 valence electrons. The minimum Gasteiger partial charge on any atom is -0.454 e. The van der Waals surface area contributed by atoms with E-state index in [1.54, 1.807) is 17.0 Å². The van der Waals surface area contributed by atoms with E-state index >= 15 is 0 Å². The molecular formula is C25H27N3O5S. The van der Waals surface area contributed by atoms with Crippen molar-refractivity contribution in [1.82, 2.24) is 9.21 Å². The number of hydrogen-bond donors (Lipinski definition) is 0. The molecule has 2 heterocycles. The molecule has 8 nitrogen and oxygen atoms in total. The number of sulfonamides is 1. The number of carbonyl (C=O) groups is 1. The number of carbonyl (C=O) groups excluding carboxylic acids is 1. The van der Waals surface area contributed by atoms with Crippen molar-refractivity contribution in [2.24, 2.45) is 0 Å². The van der Waals surface area contributed by atoms with Gasteiger partial charge in [-0.2, -0.15) is 9.57 Å². The standard InChI is InChI=1S/C25H27N3O5S/c26-17-19-6-2-3-7-23(19)34(30,31)28-14-12-27(13-15-28)24(29)25(10-4-1-5-11-25)20-8-9-21-22(16-20)33-18-32-21/h2-3,6-9,16H,1,4-5,10-15,18H2. The van der Waals surface area contributed by atoms with E-state index < -0.39 is 15.4 Å². The number of ether oxygens (including phenoxy) is 2. The van der Waals surface area contributed by atoms with Gasteiger partial charge in [0, 0.05) is 26.2 Å². The van der Waals surface area contributed by atoms with Gasteiger partial charge in [0.1, 0.15) is 6.07 Å². The second-order valence-corrected chi connectivity index (χ2v) is 10.9. The first-order chi connectivity index (χ1) is 16.5. The van der Waals surface area contributed by atoms with Crippen molar-refractivity contribution in [2.45, 2.75) is 42.4 Å². The molecule has 0 bridgehead atoms. The fourth-order valence-electron chi connectivity index (χ4n) is 5.33. The summed E-state index contributed by atoms with van der Waals surface area (Å²) in [6, 6.07) is 14.0. The van der Waals surface area contributed by atoms with Crippen LogP contribution in [0.5, 0.6) is 11.5 Å². The van der Waals surface area contributed by atoms with Gasteiger partial charge in [-0.1, -0.05) is 37.5 Å². The summed E-state index contributed by atoms with van der Waals surface area (Å²) in [6.45, 7) is 1.22. The smallest absolute Gasteiger partial charge is 0.244 e. The van der Waals surface area contributed by atoms with E-state index in [0.29, 0.717) is 24.6 Å². The zero-order valence-electron chi connectivity index (χ0n) is 18.9. The second-order valence-electron chi connectivity index (χ2n) is 9.02. The van der Waals surface area contributed by atoms with E-state index in [2.05, 4.69) is 0 Å². The molecule has 2 aromatic rings. The molecule has 0 atom stereocenters. The normalized spacial score (nSPS) is 20.0. The Kier molecular flexibility index (Phi) is 5.96. The number of piperazine rings is 1. The zero-order chi connectivity index (χ0) is 23.8. The summed E-state index contributed by atoms with van der Waals surface area (Å²) in [6.07, 6.45) is 4.57. The lowest BCUT2D eigenvalue weighted by atomic mass is 9.68. The van der Waals surface area contributed by atoms with Crippen LogP contribution in [-0.4, -0.2) is 56.5 Å². The molecule has 2 aliphatic heterocycles. The van der Waals surface area contributed by atoms with Crippen molar-refractivity contribution in [1.29, 1.82) is 5.26 Å². The molecule has 3 aliphatic rings. The average Bonchev–Trinajstić information content (AvgIpc) is 3.37. The first-order valence-electron chi connectivity index (χ1n) is 11.6. The fourth-order valence-corrected chi connectivity index (χ4v) is 6.90. The van der Waals surface area contributed by atoms with E-state index in [1.807, 2.05) is 24.3 Å². The highest BCUT2D eigenvalue weighted by Gasteiger charge is 2.45. The van der Waals surface area contributed by atoms with Crippen LogP contribution in [-0.2, 0) is 20.2 Å². The predicted molar refractivity (Wildman–Crippen MR) is 124 cm³/mol. The lowest BCUT2D eigenvalue weighted by molar-refractivity contribution is -0.140. The van der Waals surface area contributed by atoms with Gasteiger partial charge in [0.25, 0.3) is 0 Å². The van der Waals surface area contributed by atoms with Crippen LogP contribution in [0, 0.1) is 11.3 Å². The van der Waals surface area contributed by atoms with Gasteiger partial charge in [-0.3, -0.25) is 4.79 Å². The van der Waals surface area contributed by atoms with Crippen molar-refractivity contribution in [2.75, 3.05) is 33.0 Å². The molecule has 0 N–H and O–H groups in total. The average molecular weight is 482 g/mol. The van der Waals surface area contributed by atoms with Gasteiger partial charge in [0.15, 0.2) is 11.5 Å². The maximum Gasteiger partial charge on any atom is 0.244 e. The molecule has 0 spiro atoms. The molecule has 0 unspecified atom stereocenters. The highest BCUT2D eigenvalue weighted by molar-refractivity contribution is 7.89. The third-order valence-electron chi connectivity index (χ3n) is 7.19. The molecule has 1 saturated carbocycles. The zero-order valence-corrected chi connectivity index (χ0v) is 19.7. The number of rotatable bonds is 4. The SMILES string of the molecule is N#Cc1ccccc1S(=O)(=O)N1CCN(C(=O)C2(c3ccc4c(c3)OCO4)CCCCC2)CC1. The fraction of sp³-hybridized carbons (Fsp3) is 0.440. The summed E-state index contributed by atoms with van der Waals surface area (Å²) < 4.78 is 38.8. The summed E-state index contributed by atoms with van der Waals surface area (Å²) in [7, 11) is -3.81. The highest BCUT2D eigenvalue weighted by Crippen LogP contribution is 2.44. The first kappa shape index (κ1) is 22.7. The maximum absolute atomic E-state index is 13.9. The number of nitriles is 1. The Morgan fingerprint density at radius 3 is 2.38 bits per heavy atom. The summed E-state index contributed by atoms with van der Waals surface area (Å²) in [5, 5.41) is 9.33.